The van der Waals surface area contributed by atoms with E-state index in [0.29, 0.717) is 13.0 Å². The average molecular weight is 222 g/mol. The number of rotatable bonds is 4. The zero-order chi connectivity index (χ0) is 11.4. The number of carbonyl (C=O) groups excluding carboxylic acids is 1. The molecule has 2 rings (SSSR count). The minimum absolute atomic E-state index is 0.0330. The van der Waals surface area contributed by atoms with Crippen LogP contribution in [0.25, 0.3) is 0 Å². The number of amides is 1. The predicted molar refractivity (Wildman–Crippen MR) is 60.4 cm³/mol. The summed E-state index contributed by atoms with van der Waals surface area (Å²) in [4.78, 5) is 11.7. The van der Waals surface area contributed by atoms with E-state index in [-0.39, 0.29) is 11.4 Å². The van der Waals surface area contributed by atoms with Crippen molar-refractivity contribution in [2.45, 2.75) is 44.2 Å². The molecule has 0 saturated heterocycles. The van der Waals surface area contributed by atoms with Crippen LogP contribution in [-0.4, -0.2) is 21.6 Å². The van der Waals surface area contributed by atoms with Crippen LogP contribution in [0.4, 0.5) is 0 Å². The summed E-state index contributed by atoms with van der Waals surface area (Å²) in [5.74, 6) is 0.0330. The number of hydrogen-bond acceptors (Lipinski definition) is 3. The van der Waals surface area contributed by atoms with Gasteiger partial charge in [0.15, 0.2) is 0 Å². The number of H-pyrrole nitrogens is 1. The summed E-state index contributed by atoms with van der Waals surface area (Å²) in [6.45, 7) is 0.519. The second-order valence-corrected chi connectivity index (χ2v) is 4.63. The Bertz CT molecular complexity index is 341. The van der Waals surface area contributed by atoms with E-state index in [9.17, 15) is 4.79 Å². The lowest BCUT2D eigenvalue weighted by Crippen LogP contribution is -2.41. The molecule has 5 heteroatoms. The van der Waals surface area contributed by atoms with Crippen molar-refractivity contribution in [3.05, 3.63) is 18.0 Å². The highest BCUT2D eigenvalue weighted by atomic mass is 16.1. The monoisotopic (exact) mass is 222 g/mol. The van der Waals surface area contributed by atoms with Crippen molar-refractivity contribution in [3.8, 4) is 0 Å². The average Bonchev–Trinajstić information content (AvgIpc) is 2.86. The van der Waals surface area contributed by atoms with Crippen LogP contribution in [-0.2, 0) is 11.3 Å². The molecule has 16 heavy (non-hydrogen) atoms. The van der Waals surface area contributed by atoms with E-state index < -0.39 is 0 Å². The maximum atomic E-state index is 11.7. The summed E-state index contributed by atoms with van der Waals surface area (Å²) >= 11 is 0. The van der Waals surface area contributed by atoms with Crippen molar-refractivity contribution in [1.29, 1.82) is 0 Å². The van der Waals surface area contributed by atoms with Gasteiger partial charge < -0.3 is 11.1 Å². The lowest BCUT2D eigenvalue weighted by molar-refractivity contribution is -0.122. The summed E-state index contributed by atoms with van der Waals surface area (Å²) in [5, 5.41) is 9.38. The van der Waals surface area contributed by atoms with Gasteiger partial charge in [-0.25, -0.2) is 0 Å². The zero-order valence-electron chi connectivity index (χ0n) is 9.33. The fourth-order valence-electron chi connectivity index (χ4n) is 2.21. The van der Waals surface area contributed by atoms with Crippen molar-refractivity contribution < 1.29 is 4.79 Å². The molecule has 4 N–H and O–H groups in total. The number of nitrogens with one attached hydrogen (secondary N) is 2. The number of aromatic nitrogens is 2. The third-order valence-electron chi connectivity index (χ3n) is 3.16. The van der Waals surface area contributed by atoms with E-state index in [1.54, 1.807) is 12.4 Å². The summed E-state index contributed by atoms with van der Waals surface area (Å²) in [6.07, 6.45) is 8.13. The molecule has 0 aromatic carbocycles. The Labute approximate surface area is 94.8 Å². The number of carbonyl (C=O) groups is 1. The second kappa shape index (κ2) is 4.65. The van der Waals surface area contributed by atoms with Crippen LogP contribution in [0.15, 0.2) is 12.4 Å². The first-order valence-corrected chi connectivity index (χ1v) is 5.71. The van der Waals surface area contributed by atoms with Gasteiger partial charge in [-0.3, -0.25) is 9.89 Å². The van der Waals surface area contributed by atoms with Crippen LogP contribution >= 0.6 is 0 Å². The number of hydrogen-bond donors (Lipinski definition) is 3. The summed E-state index contributed by atoms with van der Waals surface area (Å²) in [6, 6.07) is 0. The normalized spacial score (nSPS) is 18.6. The standard InChI is InChI=1S/C11H18N4O/c12-11(3-1-2-4-11)5-10(16)13-6-9-7-14-15-8-9/h7-8H,1-6,12H2,(H,13,16)(H,14,15). The third-order valence-corrected chi connectivity index (χ3v) is 3.16. The molecule has 5 nitrogen and oxygen atoms in total. The third kappa shape index (κ3) is 2.82. The largest absolute Gasteiger partial charge is 0.352 e. The Morgan fingerprint density at radius 2 is 2.31 bits per heavy atom. The SMILES string of the molecule is NC1(CC(=O)NCc2cn[nH]c2)CCCC1. The summed E-state index contributed by atoms with van der Waals surface area (Å²) in [7, 11) is 0. The zero-order valence-corrected chi connectivity index (χ0v) is 9.33. The summed E-state index contributed by atoms with van der Waals surface area (Å²) < 4.78 is 0. The van der Waals surface area contributed by atoms with E-state index in [1.165, 1.54) is 0 Å². The lowest BCUT2D eigenvalue weighted by Gasteiger charge is -2.22. The quantitative estimate of drug-likeness (QED) is 0.700. The first kappa shape index (κ1) is 11.1. The second-order valence-electron chi connectivity index (χ2n) is 4.63. The Kier molecular flexibility index (Phi) is 3.24. The smallest absolute Gasteiger partial charge is 0.222 e. The molecular weight excluding hydrogens is 204 g/mol. The molecule has 1 aliphatic carbocycles. The van der Waals surface area contributed by atoms with Gasteiger partial charge in [0, 0.05) is 30.3 Å². The molecule has 1 aromatic rings. The first-order valence-electron chi connectivity index (χ1n) is 5.71. The highest BCUT2D eigenvalue weighted by molar-refractivity contribution is 5.77. The minimum Gasteiger partial charge on any atom is -0.352 e. The maximum Gasteiger partial charge on any atom is 0.222 e. The van der Waals surface area contributed by atoms with Gasteiger partial charge in [-0.15, -0.1) is 0 Å². The van der Waals surface area contributed by atoms with E-state index >= 15 is 0 Å². The molecular formula is C11H18N4O. The Balaban J connectivity index is 1.76. The van der Waals surface area contributed by atoms with Gasteiger partial charge >= 0.3 is 0 Å². The number of aromatic amines is 1. The van der Waals surface area contributed by atoms with Crippen LogP contribution in [0.1, 0.15) is 37.7 Å². The molecule has 1 aromatic heterocycles. The Hall–Kier alpha value is -1.36. The van der Waals surface area contributed by atoms with Crippen molar-refractivity contribution in [2.24, 2.45) is 5.73 Å². The molecule has 1 amide bonds. The van der Waals surface area contributed by atoms with E-state index in [2.05, 4.69) is 15.5 Å². The summed E-state index contributed by atoms with van der Waals surface area (Å²) in [5.41, 5.74) is 6.84. The van der Waals surface area contributed by atoms with Gasteiger partial charge in [0.25, 0.3) is 0 Å². The van der Waals surface area contributed by atoms with Crippen LogP contribution in [0, 0.1) is 0 Å². The molecule has 0 bridgehead atoms. The molecule has 1 heterocycles. The predicted octanol–water partition coefficient (Wildman–Crippen LogP) is 0.687. The first-order chi connectivity index (χ1) is 7.68. The molecule has 0 spiro atoms. The fourth-order valence-corrected chi connectivity index (χ4v) is 2.21. The molecule has 1 fully saturated rings. The number of nitrogens with zero attached hydrogens (tertiary/aromatic N) is 1. The van der Waals surface area contributed by atoms with Crippen molar-refractivity contribution >= 4 is 5.91 Å². The number of nitrogens with two attached hydrogens (primary N) is 1. The van der Waals surface area contributed by atoms with Crippen LogP contribution < -0.4 is 11.1 Å². The van der Waals surface area contributed by atoms with Crippen molar-refractivity contribution in [1.82, 2.24) is 15.5 Å². The minimum atomic E-state index is -0.263. The molecule has 0 unspecified atom stereocenters. The highest BCUT2D eigenvalue weighted by Gasteiger charge is 2.31. The van der Waals surface area contributed by atoms with Crippen LogP contribution in [0.2, 0.25) is 0 Å². The van der Waals surface area contributed by atoms with Gasteiger partial charge in [-0.1, -0.05) is 12.8 Å². The highest BCUT2D eigenvalue weighted by Crippen LogP contribution is 2.29. The van der Waals surface area contributed by atoms with E-state index in [1.807, 2.05) is 0 Å². The lowest BCUT2D eigenvalue weighted by atomic mass is 9.94. The van der Waals surface area contributed by atoms with Gasteiger partial charge in [0.2, 0.25) is 5.91 Å². The topological polar surface area (TPSA) is 83.8 Å². The Morgan fingerprint density at radius 3 is 2.94 bits per heavy atom. The van der Waals surface area contributed by atoms with Crippen molar-refractivity contribution in [3.63, 3.8) is 0 Å². The van der Waals surface area contributed by atoms with Crippen LogP contribution in [0.3, 0.4) is 0 Å². The van der Waals surface area contributed by atoms with Gasteiger partial charge in [-0.2, -0.15) is 5.10 Å². The molecule has 1 aliphatic rings. The molecule has 0 aliphatic heterocycles. The maximum absolute atomic E-state index is 11.7. The fraction of sp³-hybridized carbons (Fsp3) is 0.636. The van der Waals surface area contributed by atoms with Gasteiger partial charge in [0.05, 0.1) is 6.20 Å². The van der Waals surface area contributed by atoms with Crippen molar-refractivity contribution in [2.75, 3.05) is 0 Å². The molecule has 1 saturated carbocycles. The van der Waals surface area contributed by atoms with E-state index in [0.717, 1.165) is 31.2 Å². The molecule has 0 atom stereocenters. The van der Waals surface area contributed by atoms with Gasteiger partial charge in [0.1, 0.15) is 0 Å². The molecule has 0 radical (unpaired) electrons. The van der Waals surface area contributed by atoms with E-state index in [4.69, 9.17) is 5.73 Å². The Morgan fingerprint density at radius 1 is 1.56 bits per heavy atom. The van der Waals surface area contributed by atoms with Gasteiger partial charge in [-0.05, 0) is 12.8 Å². The molecule has 88 valence electrons. The van der Waals surface area contributed by atoms with Crippen LogP contribution in [0.5, 0.6) is 0 Å².